The van der Waals surface area contributed by atoms with E-state index in [0.717, 1.165) is 18.9 Å². The van der Waals surface area contributed by atoms with Gasteiger partial charge in [-0.1, -0.05) is 26.7 Å². The van der Waals surface area contributed by atoms with Crippen molar-refractivity contribution in [3.63, 3.8) is 0 Å². The van der Waals surface area contributed by atoms with E-state index in [0.29, 0.717) is 6.04 Å². The van der Waals surface area contributed by atoms with Crippen molar-refractivity contribution in [3.8, 4) is 12.3 Å². The normalized spacial score (nSPS) is 12.8. The molecule has 1 unspecified atom stereocenters. The molecule has 0 aromatic rings. The zero-order valence-electron chi connectivity index (χ0n) is 9.27. The van der Waals surface area contributed by atoms with Gasteiger partial charge < -0.3 is 5.32 Å². The van der Waals surface area contributed by atoms with Gasteiger partial charge in [0, 0.05) is 19.0 Å². The van der Waals surface area contributed by atoms with E-state index in [-0.39, 0.29) is 0 Å². The van der Waals surface area contributed by atoms with Gasteiger partial charge in [0.15, 0.2) is 0 Å². The van der Waals surface area contributed by atoms with Crippen molar-refractivity contribution in [3.05, 3.63) is 0 Å². The maximum absolute atomic E-state index is 5.16. The highest BCUT2D eigenvalue weighted by Crippen LogP contribution is 2.07. The summed E-state index contributed by atoms with van der Waals surface area (Å²) in [5, 5.41) is 3.41. The van der Waals surface area contributed by atoms with Crippen LogP contribution in [0.5, 0.6) is 0 Å². The highest BCUT2D eigenvalue weighted by atomic mass is 14.9. The zero-order valence-corrected chi connectivity index (χ0v) is 9.27. The SMILES string of the molecule is C#CCCNC(C)CCCC(C)C. The summed E-state index contributed by atoms with van der Waals surface area (Å²) in [6.07, 6.45) is 9.93. The van der Waals surface area contributed by atoms with Gasteiger partial charge in [-0.2, -0.15) is 0 Å². The minimum absolute atomic E-state index is 0.618. The molecule has 0 aromatic heterocycles. The van der Waals surface area contributed by atoms with E-state index in [2.05, 4.69) is 32.0 Å². The predicted octanol–water partition coefficient (Wildman–Crippen LogP) is 2.81. The minimum atomic E-state index is 0.618. The van der Waals surface area contributed by atoms with Gasteiger partial charge >= 0.3 is 0 Å². The fraction of sp³-hybridized carbons (Fsp3) is 0.833. The molecule has 1 atom stereocenters. The van der Waals surface area contributed by atoms with Crippen LogP contribution in [0, 0.1) is 18.3 Å². The van der Waals surface area contributed by atoms with Crippen LogP contribution >= 0.6 is 0 Å². The summed E-state index contributed by atoms with van der Waals surface area (Å²) in [6, 6.07) is 0.618. The summed E-state index contributed by atoms with van der Waals surface area (Å²) in [4.78, 5) is 0. The summed E-state index contributed by atoms with van der Waals surface area (Å²) in [7, 11) is 0. The van der Waals surface area contributed by atoms with Crippen LogP contribution in [-0.4, -0.2) is 12.6 Å². The van der Waals surface area contributed by atoms with Crippen molar-refractivity contribution >= 4 is 0 Å². The van der Waals surface area contributed by atoms with Crippen LogP contribution < -0.4 is 5.32 Å². The Labute approximate surface area is 83.3 Å². The molecule has 0 heterocycles. The fourth-order valence-corrected chi connectivity index (χ4v) is 1.33. The third-order valence-electron chi connectivity index (χ3n) is 2.18. The van der Waals surface area contributed by atoms with E-state index in [1.165, 1.54) is 19.3 Å². The lowest BCUT2D eigenvalue weighted by molar-refractivity contribution is 0.461. The summed E-state index contributed by atoms with van der Waals surface area (Å²) >= 11 is 0. The number of terminal acetylenes is 1. The molecule has 0 spiro atoms. The molecular formula is C12H23N. The van der Waals surface area contributed by atoms with Crippen LogP contribution in [0.3, 0.4) is 0 Å². The highest BCUT2D eigenvalue weighted by molar-refractivity contribution is 4.84. The van der Waals surface area contributed by atoms with E-state index in [1.54, 1.807) is 0 Å². The van der Waals surface area contributed by atoms with Crippen molar-refractivity contribution in [2.75, 3.05) is 6.54 Å². The summed E-state index contributed by atoms with van der Waals surface area (Å²) in [6.45, 7) is 7.74. The van der Waals surface area contributed by atoms with Crippen LogP contribution in [0.2, 0.25) is 0 Å². The number of rotatable bonds is 7. The first-order valence-corrected chi connectivity index (χ1v) is 5.33. The third kappa shape index (κ3) is 9.43. The second-order valence-electron chi connectivity index (χ2n) is 4.13. The quantitative estimate of drug-likeness (QED) is 0.470. The number of hydrogen-bond donors (Lipinski definition) is 1. The third-order valence-corrected chi connectivity index (χ3v) is 2.18. The lowest BCUT2D eigenvalue weighted by Gasteiger charge is -2.13. The van der Waals surface area contributed by atoms with Gasteiger partial charge in [0.1, 0.15) is 0 Å². The van der Waals surface area contributed by atoms with Crippen LogP contribution in [0.1, 0.15) is 46.5 Å². The Hall–Kier alpha value is -0.480. The lowest BCUT2D eigenvalue weighted by atomic mass is 10.0. The Morgan fingerprint density at radius 1 is 1.23 bits per heavy atom. The Kier molecular flexibility index (Phi) is 7.83. The largest absolute Gasteiger partial charge is 0.313 e. The second-order valence-corrected chi connectivity index (χ2v) is 4.13. The van der Waals surface area contributed by atoms with Crippen LogP contribution in [0.4, 0.5) is 0 Å². The molecule has 0 saturated carbocycles. The van der Waals surface area contributed by atoms with Gasteiger partial charge in [-0.05, 0) is 19.3 Å². The maximum atomic E-state index is 5.16. The first-order chi connectivity index (χ1) is 6.16. The summed E-state index contributed by atoms with van der Waals surface area (Å²) in [5.74, 6) is 3.47. The topological polar surface area (TPSA) is 12.0 Å². The molecule has 0 radical (unpaired) electrons. The van der Waals surface area contributed by atoms with Gasteiger partial charge in [0.25, 0.3) is 0 Å². The average Bonchev–Trinajstić information content (AvgIpc) is 2.04. The van der Waals surface area contributed by atoms with E-state index in [4.69, 9.17) is 6.42 Å². The molecule has 0 aliphatic rings. The molecule has 13 heavy (non-hydrogen) atoms. The fourth-order valence-electron chi connectivity index (χ4n) is 1.33. The number of nitrogens with one attached hydrogen (secondary N) is 1. The van der Waals surface area contributed by atoms with Crippen molar-refractivity contribution in [2.45, 2.75) is 52.5 Å². The molecule has 1 nitrogen and oxygen atoms in total. The van der Waals surface area contributed by atoms with E-state index >= 15 is 0 Å². The molecule has 1 heteroatoms. The first kappa shape index (κ1) is 12.5. The minimum Gasteiger partial charge on any atom is -0.313 e. The zero-order chi connectivity index (χ0) is 10.1. The first-order valence-electron chi connectivity index (χ1n) is 5.33. The Balaban J connectivity index is 3.21. The molecule has 0 amide bonds. The summed E-state index contributed by atoms with van der Waals surface area (Å²) in [5.41, 5.74) is 0. The lowest BCUT2D eigenvalue weighted by Crippen LogP contribution is -2.26. The van der Waals surface area contributed by atoms with Gasteiger partial charge in [-0.15, -0.1) is 12.3 Å². The second kappa shape index (κ2) is 8.13. The molecule has 0 aliphatic heterocycles. The van der Waals surface area contributed by atoms with Gasteiger partial charge in [0.05, 0.1) is 0 Å². The molecule has 0 saturated heterocycles. The van der Waals surface area contributed by atoms with Crippen LogP contribution in [0.25, 0.3) is 0 Å². The molecule has 0 bridgehead atoms. The maximum Gasteiger partial charge on any atom is 0.0211 e. The smallest absolute Gasteiger partial charge is 0.0211 e. The molecule has 0 rings (SSSR count). The molecule has 1 N–H and O–H groups in total. The van der Waals surface area contributed by atoms with E-state index in [1.807, 2.05) is 0 Å². The van der Waals surface area contributed by atoms with Crippen LogP contribution in [-0.2, 0) is 0 Å². The summed E-state index contributed by atoms with van der Waals surface area (Å²) < 4.78 is 0. The van der Waals surface area contributed by atoms with Gasteiger partial charge in [0.2, 0.25) is 0 Å². The van der Waals surface area contributed by atoms with Crippen molar-refractivity contribution in [1.82, 2.24) is 5.32 Å². The van der Waals surface area contributed by atoms with Crippen molar-refractivity contribution < 1.29 is 0 Å². The van der Waals surface area contributed by atoms with Gasteiger partial charge in [-0.3, -0.25) is 0 Å². The Bertz CT molecular complexity index is 144. The van der Waals surface area contributed by atoms with E-state index in [9.17, 15) is 0 Å². The molecule has 0 fully saturated rings. The standard InChI is InChI=1S/C12H23N/c1-5-6-10-13-12(4)9-7-8-11(2)3/h1,11-13H,6-10H2,2-4H3. The molecule has 76 valence electrons. The number of hydrogen-bond acceptors (Lipinski definition) is 1. The van der Waals surface area contributed by atoms with Crippen LogP contribution in [0.15, 0.2) is 0 Å². The molecule has 0 aliphatic carbocycles. The molecular weight excluding hydrogens is 158 g/mol. The predicted molar refractivity (Wildman–Crippen MR) is 59.6 cm³/mol. The Morgan fingerprint density at radius 3 is 2.46 bits per heavy atom. The Morgan fingerprint density at radius 2 is 1.92 bits per heavy atom. The monoisotopic (exact) mass is 181 g/mol. The van der Waals surface area contributed by atoms with Crippen molar-refractivity contribution in [2.24, 2.45) is 5.92 Å². The van der Waals surface area contributed by atoms with Crippen molar-refractivity contribution in [1.29, 1.82) is 0 Å². The van der Waals surface area contributed by atoms with E-state index < -0.39 is 0 Å². The average molecular weight is 181 g/mol. The van der Waals surface area contributed by atoms with Gasteiger partial charge in [-0.25, -0.2) is 0 Å². The molecule has 0 aromatic carbocycles. The highest BCUT2D eigenvalue weighted by Gasteiger charge is 2.00.